The second-order valence-corrected chi connectivity index (χ2v) is 5.83. The molecule has 1 atom stereocenters. The summed E-state index contributed by atoms with van der Waals surface area (Å²) in [7, 11) is 1.67. The average Bonchev–Trinajstić information content (AvgIpc) is 2.70. The maximum Gasteiger partial charge on any atom is 0.143 e. The van der Waals surface area contributed by atoms with Gasteiger partial charge in [0.1, 0.15) is 17.6 Å². The van der Waals surface area contributed by atoms with E-state index < -0.39 is 0 Å². The summed E-state index contributed by atoms with van der Waals surface area (Å²) in [6.07, 6.45) is 1.69. The molecular weight excluding hydrogens is 316 g/mol. The smallest absolute Gasteiger partial charge is 0.143 e. The molecule has 1 N–H and O–H groups in total. The van der Waals surface area contributed by atoms with E-state index >= 15 is 0 Å². The summed E-state index contributed by atoms with van der Waals surface area (Å²) in [4.78, 5) is 6.69. The zero-order valence-electron chi connectivity index (χ0n) is 14.3. The molecule has 0 amide bonds. The Morgan fingerprint density at radius 3 is 2.72 bits per heavy atom. The van der Waals surface area contributed by atoms with Crippen LogP contribution in [0.4, 0.5) is 5.82 Å². The lowest BCUT2D eigenvalue weighted by atomic mass is 10.0. The summed E-state index contributed by atoms with van der Waals surface area (Å²) in [5.74, 6) is 1.46. The summed E-state index contributed by atoms with van der Waals surface area (Å²) in [6.45, 7) is 3.90. The molecule has 2 aromatic rings. The molecule has 3 rings (SSSR count). The topological polar surface area (TPSA) is 70.4 Å². The SMILES string of the molecule is COc1ccc(C(CNc2ncccc2C#N)N2CCOCC2)cc1. The third-order valence-electron chi connectivity index (χ3n) is 4.38. The van der Waals surface area contributed by atoms with Gasteiger partial charge in [-0.1, -0.05) is 12.1 Å². The zero-order chi connectivity index (χ0) is 17.5. The van der Waals surface area contributed by atoms with Crippen molar-refractivity contribution in [2.24, 2.45) is 0 Å². The highest BCUT2D eigenvalue weighted by atomic mass is 16.5. The van der Waals surface area contributed by atoms with Crippen molar-refractivity contribution in [2.45, 2.75) is 6.04 Å². The summed E-state index contributed by atoms with van der Waals surface area (Å²) in [6, 6.07) is 14.0. The normalized spacial score (nSPS) is 16.0. The molecule has 25 heavy (non-hydrogen) atoms. The van der Waals surface area contributed by atoms with E-state index in [9.17, 15) is 5.26 Å². The molecular formula is C19H22N4O2. The van der Waals surface area contributed by atoms with Gasteiger partial charge in [-0.3, -0.25) is 4.90 Å². The minimum atomic E-state index is 0.170. The van der Waals surface area contributed by atoms with Crippen LogP contribution in [0.3, 0.4) is 0 Å². The molecule has 1 unspecified atom stereocenters. The van der Waals surface area contributed by atoms with E-state index in [0.29, 0.717) is 17.9 Å². The van der Waals surface area contributed by atoms with Crippen LogP contribution in [0.1, 0.15) is 17.2 Å². The van der Waals surface area contributed by atoms with E-state index in [1.165, 1.54) is 5.56 Å². The van der Waals surface area contributed by atoms with E-state index in [-0.39, 0.29) is 6.04 Å². The van der Waals surface area contributed by atoms with Gasteiger partial charge in [-0.25, -0.2) is 4.98 Å². The van der Waals surface area contributed by atoms with E-state index in [2.05, 4.69) is 33.4 Å². The Hall–Kier alpha value is -2.62. The maximum absolute atomic E-state index is 9.24. The van der Waals surface area contributed by atoms with Crippen molar-refractivity contribution in [3.8, 4) is 11.8 Å². The highest BCUT2D eigenvalue weighted by Gasteiger charge is 2.23. The van der Waals surface area contributed by atoms with Crippen LogP contribution in [-0.4, -0.2) is 49.8 Å². The number of nitrogens with zero attached hydrogens (tertiary/aromatic N) is 3. The number of anilines is 1. The van der Waals surface area contributed by atoms with Crippen molar-refractivity contribution in [2.75, 3.05) is 45.3 Å². The molecule has 130 valence electrons. The minimum absolute atomic E-state index is 0.170. The Morgan fingerprint density at radius 2 is 2.04 bits per heavy atom. The van der Waals surface area contributed by atoms with E-state index in [1.54, 1.807) is 25.4 Å². The Labute approximate surface area is 148 Å². The number of nitrogens with one attached hydrogen (secondary N) is 1. The van der Waals surface area contributed by atoms with Crippen LogP contribution in [0.2, 0.25) is 0 Å². The van der Waals surface area contributed by atoms with Gasteiger partial charge >= 0.3 is 0 Å². The van der Waals surface area contributed by atoms with Gasteiger partial charge in [-0.15, -0.1) is 0 Å². The number of aromatic nitrogens is 1. The predicted molar refractivity (Wildman–Crippen MR) is 95.6 cm³/mol. The molecule has 6 nitrogen and oxygen atoms in total. The van der Waals surface area contributed by atoms with Gasteiger partial charge < -0.3 is 14.8 Å². The highest BCUT2D eigenvalue weighted by Crippen LogP contribution is 2.25. The second kappa shape index (κ2) is 8.47. The lowest BCUT2D eigenvalue weighted by molar-refractivity contribution is 0.0187. The quantitative estimate of drug-likeness (QED) is 0.872. The first-order chi connectivity index (χ1) is 12.3. The third kappa shape index (κ3) is 4.27. The fraction of sp³-hybridized carbons (Fsp3) is 0.368. The largest absolute Gasteiger partial charge is 0.497 e. The van der Waals surface area contributed by atoms with Crippen LogP contribution >= 0.6 is 0 Å². The van der Waals surface area contributed by atoms with Gasteiger partial charge in [0, 0.05) is 25.8 Å². The fourth-order valence-electron chi connectivity index (χ4n) is 3.00. The average molecular weight is 338 g/mol. The molecule has 0 spiro atoms. The third-order valence-corrected chi connectivity index (χ3v) is 4.38. The van der Waals surface area contributed by atoms with E-state index in [1.807, 2.05) is 12.1 Å². The first-order valence-electron chi connectivity index (χ1n) is 8.36. The lowest BCUT2D eigenvalue weighted by Crippen LogP contribution is -2.41. The molecule has 0 radical (unpaired) electrons. The van der Waals surface area contributed by atoms with Crippen LogP contribution in [-0.2, 0) is 4.74 Å². The summed E-state index contributed by atoms with van der Waals surface area (Å²) >= 11 is 0. The monoisotopic (exact) mass is 338 g/mol. The van der Waals surface area contributed by atoms with E-state index in [0.717, 1.165) is 32.1 Å². The van der Waals surface area contributed by atoms with Gasteiger partial charge in [0.25, 0.3) is 0 Å². The van der Waals surface area contributed by atoms with Crippen molar-refractivity contribution < 1.29 is 9.47 Å². The van der Waals surface area contributed by atoms with Crippen LogP contribution in [0.25, 0.3) is 0 Å². The van der Waals surface area contributed by atoms with Gasteiger partial charge in [-0.2, -0.15) is 5.26 Å². The number of hydrogen-bond donors (Lipinski definition) is 1. The van der Waals surface area contributed by atoms with Crippen molar-refractivity contribution in [1.29, 1.82) is 5.26 Å². The minimum Gasteiger partial charge on any atom is -0.497 e. The predicted octanol–water partition coefficient (Wildman–Crippen LogP) is 2.45. The highest BCUT2D eigenvalue weighted by molar-refractivity contribution is 5.51. The summed E-state index contributed by atoms with van der Waals surface area (Å²) < 4.78 is 10.7. The molecule has 6 heteroatoms. The fourth-order valence-corrected chi connectivity index (χ4v) is 3.00. The summed E-state index contributed by atoms with van der Waals surface area (Å²) in [5, 5.41) is 12.6. The molecule has 1 aromatic heterocycles. The zero-order valence-corrected chi connectivity index (χ0v) is 14.3. The van der Waals surface area contributed by atoms with Crippen molar-refractivity contribution >= 4 is 5.82 Å². The molecule has 0 aliphatic carbocycles. The van der Waals surface area contributed by atoms with Gasteiger partial charge in [0.2, 0.25) is 0 Å². The summed E-state index contributed by atoms with van der Waals surface area (Å²) in [5.41, 5.74) is 1.75. The molecule has 1 aliphatic rings. The number of methoxy groups -OCH3 is 1. The second-order valence-electron chi connectivity index (χ2n) is 5.83. The van der Waals surface area contributed by atoms with Crippen molar-refractivity contribution in [1.82, 2.24) is 9.88 Å². The van der Waals surface area contributed by atoms with Crippen LogP contribution in [0.15, 0.2) is 42.6 Å². The molecule has 1 aromatic carbocycles. The Kier molecular flexibility index (Phi) is 5.83. The van der Waals surface area contributed by atoms with Gasteiger partial charge in [0.05, 0.1) is 31.9 Å². The molecule has 1 aliphatic heterocycles. The first-order valence-corrected chi connectivity index (χ1v) is 8.36. The standard InChI is InChI=1S/C19H22N4O2/c1-24-17-6-4-15(5-7-17)18(23-9-11-25-12-10-23)14-22-19-16(13-20)3-2-8-21-19/h2-8,18H,9-12,14H2,1H3,(H,21,22). The van der Waals surface area contributed by atoms with Crippen molar-refractivity contribution in [3.63, 3.8) is 0 Å². The number of nitriles is 1. The number of hydrogen-bond acceptors (Lipinski definition) is 6. The van der Waals surface area contributed by atoms with Crippen molar-refractivity contribution in [3.05, 3.63) is 53.7 Å². The van der Waals surface area contributed by atoms with Gasteiger partial charge in [0.15, 0.2) is 0 Å². The number of benzene rings is 1. The molecule has 2 heterocycles. The Morgan fingerprint density at radius 1 is 1.28 bits per heavy atom. The maximum atomic E-state index is 9.24. The van der Waals surface area contributed by atoms with Gasteiger partial charge in [-0.05, 0) is 29.8 Å². The molecule has 0 bridgehead atoms. The van der Waals surface area contributed by atoms with E-state index in [4.69, 9.17) is 9.47 Å². The first kappa shape index (κ1) is 17.2. The van der Waals surface area contributed by atoms with Crippen LogP contribution < -0.4 is 10.1 Å². The molecule has 1 fully saturated rings. The number of morpholine rings is 1. The lowest BCUT2D eigenvalue weighted by Gasteiger charge is -2.35. The Bertz CT molecular complexity index is 721. The number of pyridine rings is 1. The molecule has 1 saturated heterocycles. The number of ether oxygens (including phenoxy) is 2. The Balaban J connectivity index is 1.79. The van der Waals surface area contributed by atoms with Crippen LogP contribution in [0.5, 0.6) is 5.75 Å². The molecule has 0 saturated carbocycles. The van der Waals surface area contributed by atoms with Crippen LogP contribution in [0, 0.1) is 11.3 Å². The number of rotatable bonds is 6.